The average Bonchev–Trinajstić information content (AvgIpc) is 2.59. The van der Waals surface area contributed by atoms with Crippen LogP contribution in [0.1, 0.15) is 25.7 Å². The summed E-state index contributed by atoms with van der Waals surface area (Å²) >= 11 is 0. The van der Waals surface area contributed by atoms with Crippen LogP contribution in [0.15, 0.2) is 0 Å². The van der Waals surface area contributed by atoms with Gasteiger partial charge in [-0.15, -0.1) is 0 Å². The Bertz CT molecular complexity index is 398. The molecule has 1 atom stereocenters. The van der Waals surface area contributed by atoms with Crippen LogP contribution in [-0.2, 0) is 33.5 Å². The van der Waals surface area contributed by atoms with Crippen molar-refractivity contribution >= 4 is 11.9 Å². The van der Waals surface area contributed by atoms with E-state index in [1.54, 1.807) is 0 Å². The number of carbonyl (C=O) groups is 2. The topological polar surface area (TPSA) is 194 Å². The molecule has 0 heterocycles. The number of nitrogens with zero attached hydrogens (tertiary/aromatic N) is 2. The first-order chi connectivity index (χ1) is 12.8. The van der Waals surface area contributed by atoms with Crippen molar-refractivity contribution < 1.29 is 54.3 Å². The van der Waals surface area contributed by atoms with Gasteiger partial charge in [0, 0.05) is 0 Å². The standard InChI is InChI=1S/C13H27N3O11/c14-11(13(18)25-8-6-23-7-9-27-16(21)22)10-12(17)24-4-2-1-3-5-26-15(19)20/h11,19-22H,1-10,14H2. The summed E-state index contributed by atoms with van der Waals surface area (Å²) < 4.78 is 14.7. The molecule has 0 aliphatic rings. The number of unbranched alkanes of at least 4 members (excludes halogenated alkanes) is 2. The molecule has 0 aromatic carbocycles. The van der Waals surface area contributed by atoms with Gasteiger partial charge in [-0.3, -0.25) is 35.3 Å². The Kier molecular flexibility index (Phi) is 15.8. The Morgan fingerprint density at radius 1 is 0.778 bits per heavy atom. The highest BCUT2D eigenvalue weighted by molar-refractivity contribution is 5.82. The lowest BCUT2D eigenvalue weighted by atomic mass is 10.2. The predicted octanol–water partition coefficient (Wildman–Crippen LogP) is -0.999. The van der Waals surface area contributed by atoms with Gasteiger partial charge in [0.05, 0.1) is 50.2 Å². The normalized spacial score (nSPS) is 12.4. The summed E-state index contributed by atoms with van der Waals surface area (Å²) in [6.07, 6.45) is 1.38. The lowest BCUT2D eigenvalue weighted by molar-refractivity contribution is -0.493. The Labute approximate surface area is 155 Å². The van der Waals surface area contributed by atoms with Gasteiger partial charge in [-0.25, -0.2) is 4.84 Å². The third-order valence-electron chi connectivity index (χ3n) is 2.85. The molecule has 1 unspecified atom stereocenters. The first kappa shape index (κ1) is 25.5. The molecule has 27 heavy (non-hydrogen) atoms. The highest BCUT2D eigenvalue weighted by atomic mass is 17.1. The maximum absolute atomic E-state index is 11.6. The van der Waals surface area contributed by atoms with Gasteiger partial charge in [0.2, 0.25) is 0 Å². The highest BCUT2D eigenvalue weighted by Crippen LogP contribution is 2.00. The van der Waals surface area contributed by atoms with E-state index in [2.05, 4.69) is 9.68 Å². The van der Waals surface area contributed by atoms with Crippen molar-refractivity contribution in [3.63, 3.8) is 0 Å². The van der Waals surface area contributed by atoms with Crippen molar-refractivity contribution in [2.75, 3.05) is 39.6 Å². The Balaban J connectivity index is 3.58. The summed E-state index contributed by atoms with van der Waals surface area (Å²) in [5.74, 6) is -1.42. The van der Waals surface area contributed by atoms with E-state index < -0.39 is 23.4 Å². The fraction of sp³-hybridized carbons (Fsp3) is 0.846. The minimum absolute atomic E-state index is 0.0388. The van der Waals surface area contributed by atoms with Crippen molar-refractivity contribution in [2.45, 2.75) is 31.7 Å². The first-order valence-corrected chi connectivity index (χ1v) is 8.10. The largest absolute Gasteiger partial charge is 0.466 e. The van der Waals surface area contributed by atoms with Crippen LogP contribution in [0.4, 0.5) is 0 Å². The van der Waals surface area contributed by atoms with Crippen LogP contribution < -0.4 is 5.73 Å². The molecule has 0 rings (SSSR count). The minimum atomic E-state index is -1.16. The van der Waals surface area contributed by atoms with E-state index in [0.29, 0.717) is 19.3 Å². The molecule has 6 N–H and O–H groups in total. The molecule has 0 radical (unpaired) electrons. The van der Waals surface area contributed by atoms with Crippen LogP contribution in [0.25, 0.3) is 0 Å². The van der Waals surface area contributed by atoms with Gasteiger partial charge in [-0.1, -0.05) is 0 Å². The zero-order chi connectivity index (χ0) is 20.5. The summed E-state index contributed by atoms with van der Waals surface area (Å²) in [7, 11) is 0. The number of hydrogen-bond acceptors (Lipinski definition) is 14. The molecule has 0 aromatic rings. The van der Waals surface area contributed by atoms with Crippen molar-refractivity contribution in [1.82, 2.24) is 10.8 Å². The molecule has 0 amide bonds. The predicted molar refractivity (Wildman–Crippen MR) is 81.9 cm³/mol. The summed E-state index contributed by atoms with van der Waals surface area (Å²) in [6.45, 7) is 0.119. The maximum Gasteiger partial charge on any atom is 0.323 e. The third-order valence-corrected chi connectivity index (χ3v) is 2.85. The van der Waals surface area contributed by atoms with Crippen molar-refractivity contribution in [2.24, 2.45) is 5.73 Å². The quantitative estimate of drug-likeness (QED) is 0.113. The Morgan fingerprint density at radius 3 is 2.04 bits per heavy atom. The second kappa shape index (κ2) is 16.7. The molecule has 14 heteroatoms. The second-order valence-corrected chi connectivity index (χ2v) is 5.04. The molecule has 0 aromatic heterocycles. The SMILES string of the molecule is NC(CC(=O)OCCCCCON(O)O)C(=O)OCCOCCON(O)O. The number of ether oxygens (including phenoxy) is 3. The maximum atomic E-state index is 11.6. The van der Waals surface area contributed by atoms with E-state index in [0.717, 1.165) is 0 Å². The van der Waals surface area contributed by atoms with Gasteiger partial charge in [0.15, 0.2) is 0 Å². The zero-order valence-electron chi connectivity index (χ0n) is 14.8. The number of rotatable bonds is 17. The molecular formula is C13H27N3O11. The van der Waals surface area contributed by atoms with Crippen molar-refractivity contribution in [1.29, 1.82) is 0 Å². The molecule has 14 nitrogen and oxygen atoms in total. The molecule has 0 aliphatic heterocycles. The van der Waals surface area contributed by atoms with Gasteiger partial charge in [0.1, 0.15) is 12.6 Å². The average molecular weight is 401 g/mol. The second-order valence-electron chi connectivity index (χ2n) is 5.04. The van der Waals surface area contributed by atoms with Crippen LogP contribution in [0.3, 0.4) is 0 Å². The Morgan fingerprint density at radius 2 is 1.37 bits per heavy atom. The van der Waals surface area contributed by atoms with E-state index in [9.17, 15) is 9.59 Å². The summed E-state index contributed by atoms with van der Waals surface area (Å²) in [5, 5.41) is 32.3. The molecule has 0 saturated heterocycles. The van der Waals surface area contributed by atoms with Crippen LogP contribution in [0, 0.1) is 0 Å². The molecule has 0 spiro atoms. The number of esters is 2. The fourth-order valence-corrected chi connectivity index (χ4v) is 1.62. The van der Waals surface area contributed by atoms with Crippen LogP contribution in [-0.4, -0.2) is 89.2 Å². The molecular weight excluding hydrogens is 374 g/mol. The highest BCUT2D eigenvalue weighted by Gasteiger charge is 2.19. The van der Waals surface area contributed by atoms with E-state index in [1.165, 1.54) is 0 Å². The number of hydrogen-bond donors (Lipinski definition) is 5. The summed E-state index contributed by atoms with van der Waals surface area (Å²) in [5.41, 5.74) is 5.55. The third kappa shape index (κ3) is 17.7. The van der Waals surface area contributed by atoms with Gasteiger partial charge in [-0.2, -0.15) is 0 Å². The van der Waals surface area contributed by atoms with Crippen LogP contribution in [0.5, 0.6) is 0 Å². The molecule has 0 bridgehead atoms. The number of carbonyl (C=O) groups excluding carboxylic acids is 2. The van der Waals surface area contributed by atoms with E-state index in [1.807, 2.05) is 0 Å². The van der Waals surface area contributed by atoms with Crippen molar-refractivity contribution in [3.05, 3.63) is 0 Å². The first-order valence-electron chi connectivity index (χ1n) is 8.10. The lowest BCUT2D eigenvalue weighted by Crippen LogP contribution is -2.35. The molecule has 0 aliphatic carbocycles. The van der Waals surface area contributed by atoms with Crippen molar-refractivity contribution in [3.8, 4) is 0 Å². The molecule has 160 valence electrons. The number of nitrogens with two attached hydrogens (primary N) is 1. The van der Waals surface area contributed by atoms with Crippen LogP contribution in [0.2, 0.25) is 0 Å². The van der Waals surface area contributed by atoms with E-state index in [-0.39, 0.29) is 51.5 Å². The lowest BCUT2D eigenvalue weighted by Gasteiger charge is -2.12. The summed E-state index contributed by atoms with van der Waals surface area (Å²) in [4.78, 5) is 31.7. The summed E-state index contributed by atoms with van der Waals surface area (Å²) in [6, 6.07) is -1.16. The van der Waals surface area contributed by atoms with Gasteiger partial charge >= 0.3 is 11.9 Å². The smallest absolute Gasteiger partial charge is 0.323 e. The zero-order valence-corrected chi connectivity index (χ0v) is 14.8. The van der Waals surface area contributed by atoms with Gasteiger partial charge < -0.3 is 19.9 Å². The molecule has 0 fully saturated rings. The van der Waals surface area contributed by atoms with Gasteiger partial charge in [0.25, 0.3) is 0 Å². The fourth-order valence-electron chi connectivity index (χ4n) is 1.62. The van der Waals surface area contributed by atoms with E-state index in [4.69, 9.17) is 40.8 Å². The van der Waals surface area contributed by atoms with Gasteiger partial charge in [-0.05, 0) is 19.3 Å². The van der Waals surface area contributed by atoms with E-state index >= 15 is 0 Å². The van der Waals surface area contributed by atoms with Crippen LogP contribution >= 0.6 is 0 Å². The molecule has 0 saturated carbocycles. The Hall–Kier alpha value is -1.46. The minimum Gasteiger partial charge on any atom is -0.466 e. The monoisotopic (exact) mass is 401 g/mol.